The van der Waals surface area contributed by atoms with Crippen LogP contribution in [0.1, 0.15) is 0 Å². The first-order valence-electron chi connectivity index (χ1n) is 0. The zero-order valence-electron chi connectivity index (χ0n) is 2.60. The van der Waals surface area contributed by atoms with Gasteiger partial charge in [0.2, 0.25) is 0 Å². The standard InChI is InChI=1S/5ClH.Cr.Cu/h5*1H;;/q;;;;;+3;+2/p-5. The molecule has 0 bridgehead atoms. The Hall–Kier alpha value is 2.50. The Balaban J connectivity index is 0. The molecule has 0 N–H and O–H groups in total. The van der Waals surface area contributed by atoms with Crippen molar-refractivity contribution in [3.05, 3.63) is 0 Å². The van der Waals surface area contributed by atoms with E-state index in [2.05, 4.69) is 0 Å². The summed E-state index contributed by atoms with van der Waals surface area (Å²) in [6, 6.07) is 0. The van der Waals surface area contributed by atoms with Crippen molar-refractivity contribution in [3.8, 4) is 0 Å². The molecule has 0 fully saturated rings. The van der Waals surface area contributed by atoms with Crippen LogP contribution in [0, 0.1) is 0 Å². The number of rotatable bonds is 0. The van der Waals surface area contributed by atoms with Gasteiger partial charge in [-0.15, -0.1) is 0 Å². The van der Waals surface area contributed by atoms with Crippen LogP contribution in [-0.4, -0.2) is 0 Å². The van der Waals surface area contributed by atoms with Gasteiger partial charge in [-0.3, -0.25) is 0 Å². The average molecular weight is 293 g/mol. The van der Waals surface area contributed by atoms with E-state index >= 15 is 0 Å². The fourth-order valence-electron chi connectivity index (χ4n) is 0. The maximum Gasteiger partial charge on any atom is 3.00 e. The SMILES string of the molecule is [Cl-].[Cl-].[Cl-].[Cl-].[Cl-].[Cr+3].[Cu+2]. The second-order valence-corrected chi connectivity index (χ2v) is 0. The van der Waals surface area contributed by atoms with Crippen molar-refractivity contribution in [2.24, 2.45) is 0 Å². The summed E-state index contributed by atoms with van der Waals surface area (Å²) >= 11 is 0. The van der Waals surface area contributed by atoms with Crippen molar-refractivity contribution in [2.75, 3.05) is 0 Å². The average Bonchev–Trinajstić information content (AvgIpc) is 0. The third-order valence-corrected chi connectivity index (χ3v) is 0. The third kappa shape index (κ3) is 57.4. The van der Waals surface area contributed by atoms with Crippen LogP contribution in [0.25, 0.3) is 0 Å². The largest absolute Gasteiger partial charge is 3.00 e. The number of halogens is 5. The normalized spacial score (nSPS) is 0. The molecule has 0 nitrogen and oxygen atoms in total. The van der Waals surface area contributed by atoms with Crippen molar-refractivity contribution < 1.29 is 96.5 Å². The molecule has 0 saturated carbocycles. The molecule has 0 rings (SSSR count). The first-order chi connectivity index (χ1) is 0. The molecule has 0 aliphatic rings. The molecule has 7 heteroatoms. The topological polar surface area (TPSA) is 0 Å². The van der Waals surface area contributed by atoms with Crippen LogP contribution in [0.4, 0.5) is 0 Å². The van der Waals surface area contributed by atoms with Crippen LogP contribution in [-0.2, 0) is 34.4 Å². The molecule has 2 radical (unpaired) electrons. The van der Waals surface area contributed by atoms with E-state index in [9.17, 15) is 0 Å². The maximum atomic E-state index is 0. The van der Waals surface area contributed by atoms with Gasteiger partial charge in [-0.1, -0.05) is 0 Å². The summed E-state index contributed by atoms with van der Waals surface area (Å²) in [5, 5.41) is 0. The summed E-state index contributed by atoms with van der Waals surface area (Å²) in [6.07, 6.45) is 0. The van der Waals surface area contributed by atoms with E-state index in [4.69, 9.17) is 0 Å². The van der Waals surface area contributed by atoms with Crippen LogP contribution in [0.5, 0.6) is 0 Å². The predicted molar refractivity (Wildman–Crippen MR) is 0 cm³/mol. The smallest absolute Gasteiger partial charge is 1.00 e. The van der Waals surface area contributed by atoms with Crippen molar-refractivity contribution >= 4 is 0 Å². The summed E-state index contributed by atoms with van der Waals surface area (Å²) in [6.45, 7) is 0. The molecule has 0 aromatic heterocycles. The minimum absolute atomic E-state index is 0. The fraction of sp³-hybridized carbons (Fsp3) is 0. The zero-order valence-corrected chi connectivity index (χ0v) is 8.60. The quantitative estimate of drug-likeness (QED) is 0.389. The van der Waals surface area contributed by atoms with Crippen LogP contribution >= 0.6 is 0 Å². The van der Waals surface area contributed by atoms with Crippen molar-refractivity contribution in [3.63, 3.8) is 0 Å². The first-order valence-corrected chi connectivity index (χ1v) is 0. The Bertz CT molecular complexity index is 8.04. The predicted octanol–water partition coefficient (Wildman–Crippen LogP) is -15.0. The van der Waals surface area contributed by atoms with Gasteiger partial charge in [-0.25, -0.2) is 0 Å². The minimum atomic E-state index is 0. The molecule has 0 aliphatic carbocycles. The van der Waals surface area contributed by atoms with Gasteiger partial charge in [-0.2, -0.15) is 0 Å². The van der Waals surface area contributed by atoms with Gasteiger partial charge in [0.25, 0.3) is 0 Å². The molecule has 0 unspecified atom stereocenters. The molecular formula is Cl5CrCu. The minimum Gasteiger partial charge on any atom is -1.00 e. The molecule has 0 aromatic rings. The number of hydrogen-bond acceptors (Lipinski definition) is 0. The summed E-state index contributed by atoms with van der Waals surface area (Å²) in [5.41, 5.74) is 0. The van der Waals surface area contributed by atoms with Crippen LogP contribution in [0.3, 0.4) is 0 Å². The second kappa shape index (κ2) is 76.4. The molecule has 0 amide bonds. The second-order valence-electron chi connectivity index (χ2n) is 0. The van der Waals surface area contributed by atoms with Gasteiger partial charge in [0.05, 0.1) is 0 Å². The molecule has 7 heavy (non-hydrogen) atoms. The summed E-state index contributed by atoms with van der Waals surface area (Å²) in [5.74, 6) is 0. The van der Waals surface area contributed by atoms with Gasteiger partial charge >= 0.3 is 34.4 Å². The Morgan fingerprint density at radius 2 is 0.429 bits per heavy atom. The van der Waals surface area contributed by atoms with E-state index in [0.29, 0.717) is 0 Å². The van der Waals surface area contributed by atoms with E-state index in [1.165, 1.54) is 0 Å². The Labute approximate surface area is 95.6 Å². The Kier molecular flexibility index (Phi) is 1200. The van der Waals surface area contributed by atoms with Crippen molar-refractivity contribution in [2.45, 2.75) is 0 Å². The monoisotopic (exact) mass is 290 g/mol. The van der Waals surface area contributed by atoms with Gasteiger partial charge in [0, 0.05) is 0 Å². The van der Waals surface area contributed by atoms with Crippen molar-refractivity contribution in [1.29, 1.82) is 0 Å². The molecule has 0 saturated heterocycles. The molecule has 0 atom stereocenters. The Morgan fingerprint density at radius 1 is 0.429 bits per heavy atom. The van der Waals surface area contributed by atoms with E-state index in [1.54, 1.807) is 0 Å². The molecule has 52 valence electrons. The van der Waals surface area contributed by atoms with Gasteiger partial charge < -0.3 is 62.0 Å². The van der Waals surface area contributed by atoms with Gasteiger partial charge in [0.1, 0.15) is 0 Å². The molecule has 0 aromatic carbocycles. The van der Waals surface area contributed by atoms with Crippen LogP contribution in [0.2, 0.25) is 0 Å². The molecular weight excluding hydrogens is 293 g/mol. The van der Waals surface area contributed by atoms with Gasteiger partial charge in [0.15, 0.2) is 0 Å². The first kappa shape index (κ1) is 110. The van der Waals surface area contributed by atoms with Crippen LogP contribution in [0.15, 0.2) is 0 Å². The Morgan fingerprint density at radius 3 is 0.429 bits per heavy atom. The summed E-state index contributed by atoms with van der Waals surface area (Å²) in [7, 11) is 0. The molecule has 0 aliphatic heterocycles. The summed E-state index contributed by atoms with van der Waals surface area (Å²) < 4.78 is 0. The van der Waals surface area contributed by atoms with E-state index in [1.807, 2.05) is 0 Å². The third-order valence-electron chi connectivity index (χ3n) is 0. The van der Waals surface area contributed by atoms with Crippen molar-refractivity contribution in [1.82, 2.24) is 0 Å². The van der Waals surface area contributed by atoms with E-state index < -0.39 is 0 Å². The number of hydrogen-bond donors (Lipinski definition) is 0. The fourth-order valence-corrected chi connectivity index (χ4v) is 0. The van der Waals surface area contributed by atoms with Crippen LogP contribution < -0.4 is 62.0 Å². The van der Waals surface area contributed by atoms with Gasteiger partial charge in [-0.05, 0) is 0 Å². The van der Waals surface area contributed by atoms with E-state index in [0.717, 1.165) is 0 Å². The maximum absolute atomic E-state index is 0. The molecule has 0 spiro atoms. The van der Waals surface area contributed by atoms with E-state index in [-0.39, 0.29) is 96.5 Å². The molecule has 0 heterocycles. The zero-order chi connectivity index (χ0) is 0. The summed E-state index contributed by atoms with van der Waals surface area (Å²) in [4.78, 5) is 0.